The third-order valence-electron chi connectivity index (χ3n) is 2.87. The number of rotatable bonds is 3. The van der Waals surface area contributed by atoms with Gasteiger partial charge in [-0.25, -0.2) is 0 Å². The van der Waals surface area contributed by atoms with Crippen LogP contribution in [0.5, 0.6) is 0 Å². The predicted octanol–water partition coefficient (Wildman–Crippen LogP) is 4.70. The Kier molecular flexibility index (Phi) is 3.29. The number of nitrogens with one attached hydrogen (secondary N) is 1. The molecule has 1 nitrogen and oxygen atoms in total. The van der Waals surface area contributed by atoms with Crippen LogP contribution < -0.4 is 0 Å². The third-order valence-corrected chi connectivity index (χ3v) is 2.87. The van der Waals surface area contributed by atoms with Crippen LogP contribution >= 0.6 is 0 Å². The highest BCUT2D eigenvalue weighted by Gasteiger charge is 2.04. The fourth-order valence-electron chi connectivity index (χ4n) is 2.04. The molecule has 0 aliphatic carbocycles. The van der Waals surface area contributed by atoms with E-state index in [2.05, 4.69) is 48.8 Å². The number of para-hydroxylation sites is 1. The summed E-state index contributed by atoms with van der Waals surface area (Å²) in [4.78, 5) is 3.42. The molecule has 0 atom stereocenters. The first-order valence-electron chi connectivity index (χ1n) is 5.80. The molecule has 0 fully saturated rings. The molecule has 1 aromatic carbocycles. The summed E-state index contributed by atoms with van der Waals surface area (Å²) >= 11 is 0. The lowest BCUT2D eigenvalue weighted by Gasteiger charge is -2.02. The van der Waals surface area contributed by atoms with E-state index in [1.807, 2.05) is 25.1 Å². The van der Waals surface area contributed by atoms with Crippen molar-refractivity contribution < 1.29 is 0 Å². The fourth-order valence-corrected chi connectivity index (χ4v) is 2.04. The van der Waals surface area contributed by atoms with Crippen LogP contribution in [-0.4, -0.2) is 4.98 Å². The molecule has 0 aliphatic rings. The summed E-state index contributed by atoms with van der Waals surface area (Å²) in [7, 11) is 0. The van der Waals surface area contributed by atoms with Crippen molar-refractivity contribution in [1.82, 2.24) is 4.98 Å². The number of allylic oxidation sites excluding steroid dienone is 5. The van der Waals surface area contributed by atoms with Crippen molar-refractivity contribution in [2.45, 2.75) is 13.8 Å². The summed E-state index contributed by atoms with van der Waals surface area (Å²) in [5, 5.41) is 1.23. The maximum Gasteiger partial charge on any atom is 0.0467 e. The first-order chi connectivity index (χ1) is 8.26. The minimum atomic E-state index is 1.12. The van der Waals surface area contributed by atoms with E-state index < -0.39 is 0 Å². The second-order valence-corrected chi connectivity index (χ2v) is 4.07. The van der Waals surface area contributed by atoms with Gasteiger partial charge in [0.25, 0.3) is 0 Å². The van der Waals surface area contributed by atoms with Gasteiger partial charge in [-0.05, 0) is 31.6 Å². The molecule has 0 bridgehead atoms. The number of benzene rings is 1. The Labute approximate surface area is 102 Å². The van der Waals surface area contributed by atoms with Gasteiger partial charge in [0.05, 0.1) is 0 Å². The molecule has 0 saturated heterocycles. The van der Waals surface area contributed by atoms with E-state index >= 15 is 0 Å². The highest BCUT2D eigenvalue weighted by atomic mass is 14.7. The number of aromatic nitrogens is 1. The van der Waals surface area contributed by atoms with Crippen LogP contribution in [0, 0.1) is 0 Å². The topological polar surface area (TPSA) is 15.8 Å². The molecular weight excluding hydrogens is 206 g/mol. The number of H-pyrrole nitrogens is 1. The van der Waals surface area contributed by atoms with Gasteiger partial charge >= 0.3 is 0 Å². The third kappa shape index (κ3) is 2.23. The molecule has 0 saturated carbocycles. The molecule has 0 aliphatic heterocycles. The summed E-state index contributed by atoms with van der Waals surface area (Å²) in [5.74, 6) is 0. The largest absolute Gasteiger partial charge is 0.355 e. The predicted molar refractivity (Wildman–Crippen MR) is 75.9 cm³/mol. The Morgan fingerprint density at radius 1 is 1.29 bits per heavy atom. The molecule has 0 spiro atoms. The summed E-state index contributed by atoms with van der Waals surface area (Å²) in [6.45, 7) is 8.02. The standard InChI is InChI=1S/C16H17N/c1-4-8-12(3)14(5-2)16-11-13-9-6-7-10-15(13)17-16/h4-11,17H,2H2,1,3H3/b8-4-,14-12+. The summed E-state index contributed by atoms with van der Waals surface area (Å²) in [6.07, 6.45) is 6.05. The van der Waals surface area contributed by atoms with Gasteiger partial charge in [-0.15, -0.1) is 0 Å². The van der Waals surface area contributed by atoms with E-state index in [0.29, 0.717) is 0 Å². The number of hydrogen-bond acceptors (Lipinski definition) is 0. The summed E-state index contributed by atoms with van der Waals surface area (Å²) < 4.78 is 0. The fraction of sp³-hybridized carbons (Fsp3) is 0.125. The first-order valence-corrected chi connectivity index (χ1v) is 5.80. The van der Waals surface area contributed by atoms with E-state index in [4.69, 9.17) is 0 Å². The molecule has 1 heteroatoms. The van der Waals surface area contributed by atoms with Gasteiger partial charge in [0.15, 0.2) is 0 Å². The second-order valence-electron chi connectivity index (χ2n) is 4.07. The van der Waals surface area contributed by atoms with Crippen LogP contribution in [0.3, 0.4) is 0 Å². The Morgan fingerprint density at radius 3 is 2.71 bits per heavy atom. The Morgan fingerprint density at radius 2 is 2.06 bits per heavy atom. The van der Waals surface area contributed by atoms with Gasteiger partial charge < -0.3 is 4.98 Å². The molecule has 0 radical (unpaired) electrons. The smallest absolute Gasteiger partial charge is 0.0467 e. The number of hydrogen-bond donors (Lipinski definition) is 1. The monoisotopic (exact) mass is 223 g/mol. The van der Waals surface area contributed by atoms with Crippen molar-refractivity contribution in [2.24, 2.45) is 0 Å². The number of fused-ring (bicyclic) bond motifs is 1. The zero-order chi connectivity index (χ0) is 12.3. The van der Waals surface area contributed by atoms with E-state index in [-0.39, 0.29) is 0 Å². The average Bonchev–Trinajstić information content (AvgIpc) is 2.73. The zero-order valence-electron chi connectivity index (χ0n) is 10.3. The molecule has 0 amide bonds. The zero-order valence-corrected chi connectivity index (χ0v) is 10.3. The SMILES string of the molecule is C=C/C(=C(C)\C=C/C)c1cc2ccccc2[nH]1. The maximum atomic E-state index is 3.90. The molecule has 1 aromatic heterocycles. The van der Waals surface area contributed by atoms with Crippen molar-refractivity contribution in [1.29, 1.82) is 0 Å². The van der Waals surface area contributed by atoms with Crippen LogP contribution in [0.25, 0.3) is 16.5 Å². The Bertz CT molecular complexity index is 564. The van der Waals surface area contributed by atoms with Crippen molar-refractivity contribution in [3.8, 4) is 0 Å². The van der Waals surface area contributed by atoms with Gasteiger partial charge in [-0.1, -0.05) is 43.0 Å². The van der Waals surface area contributed by atoms with Crippen LogP contribution in [0.15, 0.2) is 60.7 Å². The molecule has 1 heterocycles. The molecule has 2 rings (SSSR count). The lowest BCUT2D eigenvalue weighted by molar-refractivity contribution is 1.38. The molecule has 17 heavy (non-hydrogen) atoms. The normalized spacial score (nSPS) is 13.1. The van der Waals surface area contributed by atoms with Gasteiger partial charge in [0.2, 0.25) is 0 Å². The molecule has 2 aromatic rings. The quantitative estimate of drug-likeness (QED) is 0.726. The molecular formula is C16H17N. The van der Waals surface area contributed by atoms with Crippen LogP contribution in [0.1, 0.15) is 19.5 Å². The maximum absolute atomic E-state index is 3.90. The molecule has 86 valence electrons. The number of aromatic amines is 1. The van der Waals surface area contributed by atoms with E-state index in [9.17, 15) is 0 Å². The van der Waals surface area contributed by atoms with Crippen LogP contribution in [0.4, 0.5) is 0 Å². The highest BCUT2D eigenvalue weighted by molar-refractivity contribution is 5.87. The molecule has 1 N–H and O–H groups in total. The first kappa shape index (κ1) is 11.5. The Hall–Kier alpha value is -2.02. The average molecular weight is 223 g/mol. The minimum absolute atomic E-state index is 1.12. The Balaban J connectivity index is 2.58. The highest BCUT2D eigenvalue weighted by Crippen LogP contribution is 2.24. The molecule has 0 unspecified atom stereocenters. The lowest BCUT2D eigenvalue weighted by Crippen LogP contribution is -1.84. The van der Waals surface area contributed by atoms with E-state index in [1.54, 1.807) is 0 Å². The van der Waals surface area contributed by atoms with E-state index in [0.717, 1.165) is 16.8 Å². The van der Waals surface area contributed by atoms with Gasteiger partial charge in [0.1, 0.15) is 0 Å². The van der Waals surface area contributed by atoms with Gasteiger partial charge in [0, 0.05) is 22.2 Å². The summed E-state index contributed by atoms with van der Waals surface area (Å²) in [5.41, 5.74) is 4.65. The van der Waals surface area contributed by atoms with Crippen LogP contribution in [0.2, 0.25) is 0 Å². The lowest BCUT2D eigenvalue weighted by atomic mass is 10.1. The van der Waals surface area contributed by atoms with Crippen molar-refractivity contribution in [3.63, 3.8) is 0 Å². The van der Waals surface area contributed by atoms with Crippen molar-refractivity contribution in [3.05, 3.63) is 66.4 Å². The van der Waals surface area contributed by atoms with Gasteiger partial charge in [-0.2, -0.15) is 0 Å². The second kappa shape index (κ2) is 4.88. The van der Waals surface area contributed by atoms with Crippen molar-refractivity contribution in [2.75, 3.05) is 0 Å². The van der Waals surface area contributed by atoms with Gasteiger partial charge in [-0.3, -0.25) is 0 Å². The minimum Gasteiger partial charge on any atom is -0.355 e. The van der Waals surface area contributed by atoms with Crippen LogP contribution in [-0.2, 0) is 0 Å². The summed E-state index contributed by atoms with van der Waals surface area (Å²) in [6, 6.07) is 10.5. The van der Waals surface area contributed by atoms with E-state index in [1.165, 1.54) is 11.0 Å². The van der Waals surface area contributed by atoms with Crippen molar-refractivity contribution >= 4 is 16.5 Å².